The van der Waals surface area contributed by atoms with E-state index < -0.39 is 5.54 Å². The van der Waals surface area contributed by atoms with Crippen molar-refractivity contribution in [2.45, 2.75) is 45.1 Å². The minimum Gasteiger partial charge on any atom is -0.368 e. The van der Waals surface area contributed by atoms with Crippen molar-refractivity contribution in [2.75, 3.05) is 5.32 Å². The summed E-state index contributed by atoms with van der Waals surface area (Å²) in [6, 6.07) is 0. The first kappa shape index (κ1) is 11.8. The standard InChI is InChI=1S/C12H18N4O/c1-3-12(2,11(13)17)16-10-8-5-4-6-9(8)14-7-15-10/h7H,3-6H2,1-2H3,(H2,13,17)(H,14,15,16). The predicted molar refractivity (Wildman–Crippen MR) is 65.6 cm³/mol. The number of carbonyl (C=O) groups is 1. The molecule has 0 saturated heterocycles. The van der Waals surface area contributed by atoms with Crippen molar-refractivity contribution in [1.29, 1.82) is 0 Å². The number of hydrogen-bond donors (Lipinski definition) is 2. The van der Waals surface area contributed by atoms with Gasteiger partial charge >= 0.3 is 0 Å². The van der Waals surface area contributed by atoms with Gasteiger partial charge in [0.05, 0.1) is 0 Å². The number of nitrogens with one attached hydrogen (secondary N) is 1. The van der Waals surface area contributed by atoms with Crippen LogP contribution in [0.3, 0.4) is 0 Å². The van der Waals surface area contributed by atoms with Crippen LogP contribution < -0.4 is 11.1 Å². The van der Waals surface area contributed by atoms with Gasteiger partial charge in [0.2, 0.25) is 5.91 Å². The fourth-order valence-electron chi connectivity index (χ4n) is 2.05. The average molecular weight is 234 g/mol. The highest BCUT2D eigenvalue weighted by atomic mass is 16.1. The van der Waals surface area contributed by atoms with Gasteiger partial charge in [-0.1, -0.05) is 6.92 Å². The number of anilines is 1. The first-order valence-corrected chi connectivity index (χ1v) is 5.97. The Labute approximate surface area is 101 Å². The monoisotopic (exact) mass is 234 g/mol. The summed E-state index contributed by atoms with van der Waals surface area (Å²) in [6.45, 7) is 3.73. The lowest BCUT2D eigenvalue weighted by atomic mass is 9.98. The van der Waals surface area contributed by atoms with E-state index in [1.807, 2.05) is 6.92 Å². The maximum atomic E-state index is 11.5. The minimum absolute atomic E-state index is 0.356. The highest BCUT2D eigenvalue weighted by molar-refractivity contribution is 5.87. The summed E-state index contributed by atoms with van der Waals surface area (Å²) in [4.78, 5) is 20.0. The van der Waals surface area contributed by atoms with Gasteiger partial charge in [0.15, 0.2) is 0 Å². The summed E-state index contributed by atoms with van der Waals surface area (Å²) >= 11 is 0. The van der Waals surface area contributed by atoms with E-state index >= 15 is 0 Å². The van der Waals surface area contributed by atoms with Gasteiger partial charge in [-0.2, -0.15) is 0 Å². The summed E-state index contributed by atoms with van der Waals surface area (Å²) in [5.41, 5.74) is 6.91. The van der Waals surface area contributed by atoms with E-state index in [2.05, 4.69) is 15.3 Å². The highest BCUT2D eigenvalue weighted by Crippen LogP contribution is 2.27. The summed E-state index contributed by atoms with van der Waals surface area (Å²) in [5.74, 6) is 0.404. The molecule has 5 nitrogen and oxygen atoms in total. The van der Waals surface area contributed by atoms with Crippen molar-refractivity contribution in [3.63, 3.8) is 0 Å². The molecule has 1 unspecified atom stereocenters. The third-order valence-corrected chi connectivity index (χ3v) is 3.52. The zero-order chi connectivity index (χ0) is 12.5. The molecular weight excluding hydrogens is 216 g/mol. The Morgan fingerprint density at radius 3 is 2.94 bits per heavy atom. The highest BCUT2D eigenvalue weighted by Gasteiger charge is 2.31. The van der Waals surface area contributed by atoms with Crippen LogP contribution in [0, 0.1) is 0 Å². The number of amides is 1. The second kappa shape index (κ2) is 4.31. The van der Waals surface area contributed by atoms with Gasteiger partial charge in [0, 0.05) is 11.3 Å². The third-order valence-electron chi connectivity index (χ3n) is 3.52. The maximum absolute atomic E-state index is 11.5. The second-order valence-corrected chi connectivity index (χ2v) is 4.68. The molecule has 0 bridgehead atoms. The molecule has 1 heterocycles. The molecule has 0 radical (unpaired) electrons. The molecule has 1 aliphatic rings. The fraction of sp³-hybridized carbons (Fsp3) is 0.583. The Morgan fingerprint density at radius 2 is 2.29 bits per heavy atom. The number of aryl methyl sites for hydroxylation is 1. The molecule has 0 fully saturated rings. The molecule has 3 N–H and O–H groups in total. The van der Waals surface area contributed by atoms with Crippen LogP contribution >= 0.6 is 0 Å². The minimum atomic E-state index is -0.745. The normalized spacial score (nSPS) is 17.3. The number of fused-ring (bicyclic) bond motifs is 1. The van der Waals surface area contributed by atoms with Crippen molar-refractivity contribution in [3.05, 3.63) is 17.6 Å². The molecule has 1 atom stereocenters. The molecule has 1 aromatic heterocycles. The van der Waals surface area contributed by atoms with Crippen molar-refractivity contribution < 1.29 is 4.79 Å². The van der Waals surface area contributed by atoms with Crippen LogP contribution in [0.5, 0.6) is 0 Å². The Balaban J connectivity index is 2.30. The smallest absolute Gasteiger partial charge is 0.242 e. The summed E-state index contributed by atoms with van der Waals surface area (Å²) in [7, 11) is 0. The van der Waals surface area contributed by atoms with Gasteiger partial charge in [-0.15, -0.1) is 0 Å². The number of nitrogens with two attached hydrogens (primary N) is 1. The first-order chi connectivity index (χ1) is 8.07. The molecule has 0 aromatic carbocycles. The summed E-state index contributed by atoms with van der Waals surface area (Å²) in [5, 5.41) is 3.18. The van der Waals surface area contributed by atoms with E-state index in [-0.39, 0.29) is 5.91 Å². The van der Waals surface area contributed by atoms with Crippen LogP contribution in [0.4, 0.5) is 5.82 Å². The second-order valence-electron chi connectivity index (χ2n) is 4.68. The molecule has 0 saturated carbocycles. The predicted octanol–water partition coefficient (Wildman–Crippen LogP) is 1.03. The topological polar surface area (TPSA) is 80.9 Å². The van der Waals surface area contributed by atoms with Gasteiger partial charge < -0.3 is 11.1 Å². The van der Waals surface area contributed by atoms with Gasteiger partial charge in [0.1, 0.15) is 17.7 Å². The van der Waals surface area contributed by atoms with Gasteiger partial charge in [-0.3, -0.25) is 4.79 Å². The molecule has 0 spiro atoms. The summed E-state index contributed by atoms with van der Waals surface area (Å²) < 4.78 is 0. The largest absolute Gasteiger partial charge is 0.368 e. The van der Waals surface area contributed by atoms with Crippen molar-refractivity contribution in [3.8, 4) is 0 Å². The molecule has 2 rings (SSSR count). The Morgan fingerprint density at radius 1 is 1.53 bits per heavy atom. The van der Waals surface area contributed by atoms with E-state index in [4.69, 9.17) is 5.73 Å². The van der Waals surface area contributed by atoms with Crippen molar-refractivity contribution in [2.24, 2.45) is 5.73 Å². The summed E-state index contributed by atoms with van der Waals surface area (Å²) in [6.07, 6.45) is 5.23. The van der Waals surface area contributed by atoms with Crippen molar-refractivity contribution in [1.82, 2.24) is 9.97 Å². The van der Waals surface area contributed by atoms with Gasteiger partial charge in [-0.25, -0.2) is 9.97 Å². The Kier molecular flexibility index (Phi) is 3.00. The van der Waals surface area contributed by atoms with Crippen LogP contribution in [0.2, 0.25) is 0 Å². The molecule has 5 heteroatoms. The molecule has 17 heavy (non-hydrogen) atoms. The molecular formula is C12H18N4O. The van der Waals surface area contributed by atoms with Gasteiger partial charge in [-0.05, 0) is 32.6 Å². The number of nitrogens with zero attached hydrogens (tertiary/aromatic N) is 2. The number of aromatic nitrogens is 2. The zero-order valence-electron chi connectivity index (χ0n) is 10.3. The zero-order valence-corrected chi connectivity index (χ0v) is 10.3. The molecule has 1 aromatic rings. The number of carbonyl (C=O) groups excluding carboxylic acids is 1. The quantitative estimate of drug-likeness (QED) is 0.815. The maximum Gasteiger partial charge on any atom is 0.242 e. The Bertz CT molecular complexity index is 446. The average Bonchev–Trinajstić information content (AvgIpc) is 2.77. The lowest BCUT2D eigenvalue weighted by Gasteiger charge is -2.27. The number of hydrogen-bond acceptors (Lipinski definition) is 4. The number of primary amides is 1. The molecule has 0 aliphatic heterocycles. The fourth-order valence-corrected chi connectivity index (χ4v) is 2.05. The lowest BCUT2D eigenvalue weighted by molar-refractivity contribution is -0.121. The van der Waals surface area contributed by atoms with Crippen LogP contribution in [-0.2, 0) is 17.6 Å². The van der Waals surface area contributed by atoms with E-state index in [0.717, 1.165) is 36.3 Å². The van der Waals surface area contributed by atoms with Crippen LogP contribution in [-0.4, -0.2) is 21.4 Å². The van der Waals surface area contributed by atoms with E-state index in [1.54, 1.807) is 13.3 Å². The van der Waals surface area contributed by atoms with Crippen LogP contribution in [0.25, 0.3) is 0 Å². The third kappa shape index (κ3) is 2.09. The van der Waals surface area contributed by atoms with Gasteiger partial charge in [0.25, 0.3) is 0 Å². The van der Waals surface area contributed by atoms with E-state index in [1.165, 1.54) is 0 Å². The van der Waals surface area contributed by atoms with Crippen molar-refractivity contribution >= 4 is 11.7 Å². The van der Waals surface area contributed by atoms with E-state index in [9.17, 15) is 4.79 Å². The number of rotatable bonds is 4. The van der Waals surface area contributed by atoms with Crippen LogP contribution in [0.1, 0.15) is 37.9 Å². The lowest BCUT2D eigenvalue weighted by Crippen LogP contribution is -2.47. The van der Waals surface area contributed by atoms with Crippen LogP contribution in [0.15, 0.2) is 6.33 Å². The SMILES string of the molecule is CCC(C)(Nc1ncnc2c1CCC2)C(N)=O. The molecule has 1 amide bonds. The van der Waals surface area contributed by atoms with E-state index in [0.29, 0.717) is 6.42 Å². The Hall–Kier alpha value is -1.65. The molecule has 1 aliphatic carbocycles. The first-order valence-electron chi connectivity index (χ1n) is 5.97. The molecule has 92 valence electrons.